The van der Waals surface area contributed by atoms with Crippen LogP contribution >= 0.6 is 0 Å². The van der Waals surface area contributed by atoms with Gasteiger partial charge in [0.2, 0.25) is 11.9 Å². The Morgan fingerprint density at radius 2 is 1.65 bits per heavy atom. The van der Waals surface area contributed by atoms with Gasteiger partial charge in [0.1, 0.15) is 6.33 Å². The van der Waals surface area contributed by atoms with Gasteiger partial charge in [-0.1, -0.05) is 42.5 Å². The van der Waals surface area contributed by atoms with Crippen LogP contribution in [0.1, 0.15) is 5.56 Å². The van der Waals surface area contributed by atoms with Crippen LogP contribution in [0.15, 0.2) is 67.0 Å². The molecule has 0 amide bonds. The molecule has 128 valence electrons. The number of aromatic amines is 1. The standard InChI is InChI=1S/C19H17N7/c1-13-6-5-9-15(10-13)22-18-20-12-21-19(24-18)23-17-11-16(25-26-17)14-7-3-2-4-8-14/h2-12H,1H3,(H3,20,21,22,23,24,25,26). The second-order valence-corrected chi connectivity index (χ2v) is 5.79. The van der Waals surface area contributed by atoms with Crippen molar-refractivity contribution in [2.75, 3.05) is 10.6 Å². The monoisotopic (exact) mass is 343 g/mol. The molecule has 2 aromatic heterocycles. The molecule has 4 aromatic rings. The van der Waals surface area contributed by atoms with Crippen LogP contribution in [0.5, 0.6) is 0 Å². The summed E-state index contributed by atoms with van der Waals surface area (Å²) in [6, 6.07) is 19.9. The summed E-state index contributed by atoms with van der Waals surface area (Å²) in [7, 11) is 0. The smallest absolute Gasteiger partial charge is 0.233 e. The number of nitrogens with zero attached hydrogens (tertiary/aromatic N) is 4. The van der Waals surface area contributed by atoms with Gasteiger partial charge in [0, 0.05) is 11.8 Å². The lowest BCUT2D eigenvalue weighted by atomic mass is 10.2. The molecule has 3 N–H and O–H groups in total. The van der Waals surface area contributed by atoms with E-state index in [9.17, 15) is 0 Å². The number of anilines is 4. The highest BCUT2D eigenvalue weighted by atomic mass is 15.3. The number of H-pyrrole nitrogens is 1. The molecule has 26 heavy (non-hydrogen) atoms. The average molecular weight is 343 g/mol. The fourth-order valence-corrected chi connectivity index (χ4v) is 2.53. The topological polar surface area (TPSA) is 91.4 Å². The van der Waals surface area contributed by atoms with Crippen molar-refractivity contribution in [2.45, 2.75) is 6.92 Å². The normalized spacial score (nSPS) is 10.5. The highest BCUT2D eigenvalue weighted by molar-refractivity contribution is 5.64. The third kappa shape index (κ3) is 3.67. The lowest BCUT2D eigenvalue weighted by Crippen LogP contribution is -2.03. The maximum atomic E-state index is 4.38. The first-order valence-corrected chi connectivity index (χ1v) is 8.17. The molecule has 7 heteroatoms. The molecule has 0 atom stereocenters. The number of aryl methyl sites for hydroxylation is 1. The van der Waals surface area contributed by atoms with Crippen molar-refractivity contribution in [3.05, 3.63) is 72.6 Å². The molecule has 0 bridgehead atoms. The zero-order valence-electron chi connectivity index (χ0n) is 14.1. The number of hydrogen-bond donors (Lipinski definition) is 3. The molecular formula is C19H17N7. The van der Waals surface area contributed by atoms with Crippen molar-refractivity contribution in [1.29, 1.82) is 0 Å². The van der Waals surface area contributed by atoms with Crippen LogP contribution in [-0.2, 0) is 0 Å². The van der Waals surface area contributed by atoms with Gasteiger partial charge in [0.05, 0.1) is 5.69 Å². The molecular weight excluding hydrogens is 326 g/mol. The molecule has 0 fully saturated rings. The molecule has 0 aliphatic heterocycles. The van der Waals surface area contributed by atoms with Gasteiger partial charge in [-0.05, 0) is 30.2 Å². The predicted molar refractivity (Wildman–Crippen MR) is 102 cm³/mol. The minimum absolute atomic E-state index is 0.418. The number of hydrogen-bond acceptors (Lipinski definition) is 6. The number of nitrogens with one attached hydrogen (secondary N) is 3. The Labute approximate surface area is 150 Å². The predicted octanol–water partition coefficient (Wildman–Crippen LogP) is 4.06. The molecule has 4 rings (SSSR count). The third-order valence-corrected chi connectivity index (χ3v) is 3.75. The van der Waals surface area contributed by atoms with Crippen molar-refractivity contribution in [2.24, 2.45) is 0 Å². The summed E-state index contributed by atoms with van der Waals surface area (Å²) in [6.45, 7) is 2.04. The van der Waals surface area contributed by atoms with E-state index in [0.29, 0.717) is 17.7 Å². The van der Waals surface area contributed by atoms with Crippen LogP contribution in [0, 0.1) is 6.92 Å². The van der Waals surface area contributed by atoms with E-state index in [-0.39, 0.29) is 0 Å². The summed E-state index contributed by atoms with van der Waals surface area (Å²) in [6.07, 6.45) is 1.46. The molecule has 2 aromatic carbocycles. The van der Waals surface area contributed by atoms with E-state index < -0.39 is 0 Å². The molecule has 0 aliphatic rings. The van der Waals surface area contributed by atoms with Crippen LogP contribution in [-0.4, -0.2) is 25.1 Å². The Hall–Kier alpha value is -3.74. The van der Waals surface area contributed by atoms with Crippen LogP contribution in [0.25, 0.3) is 11.3 Å². The van der Waals surface area contributed by atoms with Gasteiger partial charge >= 0.3 is 0 Å². The second-order valence-electron chi connectivity index (χ2n) is 5.79. The van der Waals surface area contributed by atoms with Crippen molar-refractivity contribution in [3.63, 3.8) is 0 Å². The Morgan fingerprint density at radius 1 is 0.846 bits per heavy atom. The Kier molecular flexibility index (Phi) is 4.26. The fourth-order valence-electron chi connectivity index (χ4n) is 2.53. The Morgan fingerprint density at radius 3 is 2.46 bits per heavy atom. The summed E-state index contributed by atoms with van der Waals surface area (Å²) in [5.41, 5.74) is 4.06. The van der Waals surface area contributed by atoms with E-state index in [1.54, 1.807) is 0 Å². The third-order valence-electron chi connectivity index (χ3n) is 3.75. The molecule has 0 aliphatic carbocycles. The maximum absolute atomic E-state index is 4.38. The highest BCUT2D eigenvalue weighted by Gasteiger charge is 2.06. The van der Waals surface area contributed by atoms with Crippen LogP contribution in [0.2, 0.25) is 0 Å². The summed E-state index contributed by atoms with van der Waals surface area (Å²) in [5.74, 6) is 1.52. The maximum Gasteiger partial charge on any atom is 0.233 e. The minimum atomic E-state index is 0.418. The summed E-state index contributed by atoms with van der Waals surface area (Å²) in [4.78, 5) is 12.7. The Bertz CT molecular complexity index is 1010. The van der Waals surface area contributed by atoms with E-state index in [1.807, 2.05) is 67.6 Å². The first-order chi connectivity index (χ1) is 12.8. The van der Waals surface area contributed by atoms with Crippen LogP contribution in [0.4, 0.5) is 23.4 Å². The molecule has 7 nitrogen and oxygen atoms in total. The molecule has 0 spiro atoms. The van der Waals surface area contributed by atoms with Gasteiger partial charge < -0.3 is 10.6 Å². The van der Waals surface area contributed by atoms with Crippen molar-refractivity contribution < 1.29 is 0 Å². The van der Waals surface area contributed by atoms with E-state index in [2.05, 4.69) is 35.8 Å². The largest absolute Gasteiger partial charge is 0.324 e. The van der Waals surface area contributed by atoms with Gasteiger partial charge in [0.15, 0.2) is 5.82 Å². The number of benzene rings is 2. The first kappa shape index (κ1) is 15.8. The molecule has 0 unspecified atom stereocenters. The molecule has 0 saturated carbocycles. The van der Waals surface area contributed by atoms with Crippen LogP contribution < -0.4 is 10.6 Å². The van der Waals surface area contributed by atoms with Crippen molar-refractivity contribution >= 4 is 23.4 Å². The zero-order chi connectivity index (χ0) is 17.8. The molecule has 2 heterocycles. The minimum Gasteiger partial charge on any atom is -0.324 e. The van der Waals surface area contributed by atoms with E-state index in [0.717, 1.165) is 22.5 Å². The van der Waals surface area contributed by atoms with Gasteiger partial charge in [0.25, 0.3) is 0 Å². The van der Waals surface area contributed by atoms with Crippen molar-refractivity contribution in [3.8, 4) is 11.3 Å². The zero-order valence-corrected chi connectivity index (χ0v) is 14.1. The summed E-state index contributed by atoms with van der Waals surface area (Å²) < 4.78 is 0. The number of aromatic nitrogens is 5. The van der Waals surface area contributed by atoms with Gasteiger partial charge in [-0.15, -0.1) is 0 Å². The van der Waals surface area contributed by atoms with Gasteiger partial charge in [-0.2, -0.15) is 10.1 Å². The lowest BCUT2D eigenvalue weighted by molar-refractivity contribution is 1.04. The molecule has 0 saturated heterocycles. The lowest BCUT2D eigenvalue weighted by Gasteiger charge is -2.06. The fraction of sp³-hybridized carbons (Fsp3) is 0.0526. The SMILES string of the molecule is Cc1cccc(Nc2ncnc(Nc3cc(-c4ccccc4)[nH]n3)n2)c1. The average Bonchev–Trinajstić information content (AvgIpc) is 3.11. The number of rotatable bonds is 5. The summed E-state index contributed by atoms with van der Waals surface area (Å²) >= 11 is 0. The quantitative estimate of drug-likeness (QED) is 0.506. The van der Waals surface area contributed by atoms with E-state index >= 15 is 0 Å². The van der Waals surface area contributed by atoms with Crippen molar-refractivity contribution in [1.82, 2.24) is 25.1 Å². The van der Waals surface area contributed by atoms with E-state index in [4.69, 9.17) is 0 Å². The van der Waals surface area contributed by atoms with Gasteiger partial charge in [-0.25, -0.2) is 9.97 Å². The first-order valence-electron chi connectivity index (χ1n) is 8.17. The Balaban J connectivity index is 1.50. The van der Waals surface area contributed by atoms with Crippen LogP contribution in [0.3, 0.4) is 0 Å². The van der Waals surface area contributed by atoms with E-state index in [1.165, 1.54) is 6.33 Å². The highest BCUT2D eigenvalue weighted by Crippen LogP contribution is 2.21. The summed E-state index contributed by atoms with van der Waals surface area (Å²) in [5, 5.41) is 13.5. The van der Waals surface area contributed by atoms with Gasteiger partial charge in [-0.3, -0.25) is 5.10 Å². The molecule has 0 radical (unpaired) electrons. The second kappa shape index (κ2) is 7.02.